The molecule has 25 heavy (non-hydrogen) atoms. The molecule has 4 N–H and O–H groups in total. The van der Waals surface area contributed by atoms with Crippen LogP contribution in [0.15, 0.2) is 30.3 Å². The molecule has 1 fully saturated rings. The van der Waals surface area contributed by atoms with Crippen LogP contribution in [0.3, 0.4) is 0 Å². The van der Waals surface area contributed by atoms with Crippen LogP contribution in [0.1, 0.15) is 31.2 Å². The number of nitrogens with one attached hydrogen (secondary N) is 2. The highest BCUT2D eigenvalue weighted by atomic mass is 16.5. The molecule has 0 aromatic heterocycles. The largest absolute Gasteiger partial charge is 0.481 e. The fraction of sp³-hybridized carbons (Fsp3) is 0.556. The zero-order valence-electron chi connectivity index (χ0n) is 14.2. The first-order valence-electron chi connectivity index (χ1n) is 8.63. The van der Waals surface area contributed by atoms with Crippen molar-refractivity contribution in [2.45, 2.75) is 50.4 Å². The van der Waals surface area contributed by atoms with Crippen LogP contribution in [0.4, 0.5) is 4.79 Å². The number of hydrogen-bond acceptors (Lipinski definition) is 4. The Morgan fingerprint density at radius 3 is 2.56 bits per heavy atom. The van der Waals surface area contributed by atoms with E-state index in [4.69, 9.17) is 14.9 Å². The lowest BCUT2D eigenvalue weighted by atomic mass is 10.0. The van der Waals surface area contributed by atoms with Crippen LogP contribution < -0.4 is 10.6 Å². The number of rotatable bonds is 9. The molecule has 1 aliphatic rings. The van der Waals surface area contributed by atoms with Gasteiger partial charge in [-0.25, -0.2) is 4.79 Å². The predicted octanol–water partition coefficient (Wildman–Crippen LogP) is 1.30. The van der Waals surface area contributed by atoms with Gasteiger partial charge in [0.15, 0.2) is 0 Å². The molecule has 2 rings (SSSR count). The summed E-state index contributed by atoms with van der Waals surface area (Å²) < 4.78 is 5.57. The number of carbonyl (C=O) groups is 2. The summed E-state index contributed by atoms with van der Waals surface area (Å²) >= 11 is 0. The van der Waals surface area contributed by atoms with Crippen molar-refractivity contribution in [3.05, 3.63) is 35.9 Å². The van der Waals surface area contributed by atoms with Crippen LogP contribution in [0, 0.1) is 0 Å². The highest BCUT2D eigenvalue weighted by molar-refractivity contribution is 5.74. The van der Waals surface area contributed by atoms with Crippen molar-refractivity contribution >= 4 is 12.0 Å². The van der Waals surface area contributed by atoms with Crippen LogP contribution in [0.5, 0.6) is 0 Å². The first-order valence-corrected chi connectivity index (χ1v) is 8.63. The smallest absolute Gasteiger partial charge is 0.315 e. The minimum atomic E-state index is -0.880. The van der Waals surface area contributed by atoms with E-state index in [2.05, 4.69) is 10.6 Å². The number of aliphatic hydroxyl groups excluding tert-OH is 1. The van der Waals surface area contributed by atoms with Crippen LogP contribution in [-0.2, 0) is 16.0 Å². The van der Waals surface area contributed by atoms with Gasteiger partial charge in [0.2, 0.25) is 0 Å². The van der Waals surface area contributed by atoms with Crippen molar-refractivity contribution in [1.29, 1.82) is 0 Å². The van der Waals surface area contributed by atoms with Crippen molar-refractivity contribution in [1.82, 2.24) is 10.6 Å². The van der Waals surface area contributed by atoms with E-state index in [9.17, 15) is 9.59 Å². The van der Waals surface area contributed by atoms with E-state index in [1.807, 2.05) is 30.3 Å². The second-order valence-electron chi connectivity index (χ2n) is 6.31. The van der Waals surface area contributed by atoms with Crippen LogP contribution in [-0.4, -0.2) is 53.6 Å². The Morgan fingerprint density at radius 1 is 1.20 bits per heavy atom. The third-order valence-electron chi connectivity index (χ3n) is 4.26. The lowest BCUT2D eigenvalue weighted by Gasteiger charge is -2.20. The fourth-order valence-electron chi connectivity index (χ4n) is 2.93. The molecule has 3 atom stereocenters. The lowest BCUT2D eigenvalue weighted by Crippen LogP contribution is -2.45. The first-order chi connectivity index (χ1) is 12.1. The molecule has 0 saturated carbocycles. The van der Waals surface area contributed by atoms with Gasteiger partial charge in [-0.2, -0.15) is 0 Å². The van der Waals surface area contributed by atoms with Gasteiger partial charge in [0.25, 0.3) is 0 Å². The predicted molar refractivity (Wildman–Crippen MR) is 92.3 cm³/mol. The summed E-state index contributed by atoms with van der Waals surface area (Å²) in [6.45, 7) is 0.371. The average molecular weight is 350 g/mol. The molecular weight excluding hydrogens is 324 g/mol. The molecule has 1 saturated heterocycles. The summed E-state index contributed by atoms with van der Waals surface area (Å²) in [5.74, 6) is -0.880. The maximum atomic E-state index is 12.1. The van der Waals surface area contributed by atoms with Gasteiger partial charge >= 0.3 is 12.0 Å². The summed E-state index contributed by atoms with van der Waals surface area (Å²) in [4.78, 5) is 23.0. The Morgan fingerprint density at radius 2 is 1.92 bits per heavy atom. The molecule has 1 aromatic rings. The molecule has 1 heterocycles. The maximum absolute atomic E-state index is 12.1. The van der Waals surface area contributed by atoms with Gasteiger partial charge in [-0.15, -0.1) is 0 Å². The Bertz CT molecular complexity index is 552. The molecule has 138 valence electrons. The Hall–Kier alpha value is -2.12. The zero-order valence-corrected chi connectivity index (χ0v) is 14.2. The van der Waals surface area contributed by atoms with E-state index in [0.29, 0.717) is 19.4 Å². The molecule has 0 radical (unpaired) electrons. The molecule has 1 aliphatic heterocycles. The number of carbonyl (C=O) groups excluding carboxylic acids is 1. The van der Waals surface area contributed by atoms with Crippen molar-refractivity contribution in [3.63, 3.8) is 0 Å². The number of benzene rings is 1. The summed E-state index contributed by atoms with van der Waals surface area (Å²) in [7, 11) is 0. The monoisotopic (exact) mass is 350 g/mol. The van der Waals surface area contributed by atoms with Crippen molar-refractivity contribution in [2.24, 2.45) is 0 Å². The SMILES string of the molecule is O=C(O)CCC(Cc1ccccc1)NC(=O)NC[C@H]1CC[C@@H](CO)O1. The van der Waals surface area contributed by atoms with Gasteiger partial charge in [0.05, 0.1) is 18.8 Å². The minimum Gasteiger partial charge on any atom is -0.481 e. The van der Waals surface area contributed by atoms with Crippen LogP contribution in [0.25, 0.3) is 0 Å². The standard InChI is InChI=1S/C18H26N2O5/c21-12-16-8-7-15(25-16)11-19-18(24)20-14(6-9-17(22)23)10-13-4-2-1-3-5-13/h1-5,14-16,21H,6-12H2,(H,22,23)(H2,19,20,24)/t14?,15-,16+/m1/s1. The van der Waals surface area contributed by atoms with E-state index < -0.39 is 5.97 Å². The van der Waals surface area contributed by atoms with Gasteiger partial charge in [-0.1, -0.05) is 30.3 Å². The topological polar surface area (TPSA) is 108 Å². The van der Waals surface area contributed by atoms with Crippen molar-refractivity contribution < 1.29 is 24.5 Å². The highest BCUT2D eigenvalue weighted by Gasteiger charge is 2.25. The summed E-state index contributed by atoms with van der Waals surface area (Å²) in [6.07, 6.45) is 2.31. The van der Waals surface area contributed by atoms with E-state index in [0.717, 1.165) is 18.4 Å². The summed E-state index contributed by atoms with van der Waals surface area (Å²) in [5, 5.41) is 23.6. The normalized spacial score (nSPS) is 20.8. The van der Waals surface area contributed by atoms with Crippen LogP contribution in [0.2, 0.25) is 0 Å². The first kappa shape index (κ1) is 19.2. The van der Waals surface area contributed by atoms with Gasteiger partial charge in [-0.3, -0.25) is 4.79 Å². The van der Waals surface area contributed by atoms with Gasteiger partial charge in [0.1, 0.15) is 0 Å². The summed E-state index contributed by atoms with van der Waals surface area (Å²) in [5.41, 5.74) is 1.04. The number of ether oxygens (including phenoxy) is 1. The number of urea groups is 1. The second kappa shape index (κ2) is 10.0. The molecule has 7 heteroatoms. The van der Waals surface area contributed by atoms with E-state index in [1.165, 1.54) is 0 Å². The number of carboxylic acids is 1. The minimum absolute atomic E-state index is 0.00168. The lowest BCUT2D eigenvalue weighted by molar-refractivity contribution is -0.137. The van der Waals surface area contributed by atoms with E-state index in [1.54, 1.807) is 0 Å². The number of aliphatic carboxylic acids is 1. The molecule has 7 nitrogen and oxygen atoms in total. The van der Waals surface area contributed by atoms with Crippen molar-refractivity contribution in [3.8, 4) is 0 Å². The molecule has 0 spiro atoms. The molecule has 1 unspecified atom stereocenters. The maximum Gasteiger partial charge on any atom is 0.315 e. The zero-order chi connectivity index (χ0) is 18.1. The van der Waals surface area contributed by atoms with Crippen LogP contribution >= 0.6 is 0 Å². The highest BCUT2D eigenvalue weighted by Crippen LogP contribution is 2.18. The van der Waals surface area contributed by atoms with E-state index >= 15 is 0 Å². The Labute approximate surface area is 147 Å². The number of aliphatic hydroxyl groups is 1. The van der Waals surface area contributed by atoms with Gasteiger partial charge < -0.3 is 25.6 Å². The van der Waals surface area contributed by atoms with Gasteiger partial charge in [0, 0.05) is 19.0 Å². The third-order valence-corrected chi connectivity index (χ3v) is 4.26. The average Bonchev–Trinajstić information content (AvgIpc) is 3.07. The van der Waals surface area contributed by atoms with Gasteiger partial charge in [-0.05, 0) is 31.2 Å². The van der Waals surface area contributed by atoms with Crippen molar-refractivity contribution in [2.75, 3.05) is 13.2 Å². The second-order valence-corrected chi connectivity index (χ2v) is 6.31. The summed E-state index contributed by atoms with van der Waals surface area (Å²) in [6, 6.07) is 9.06. The molecule has 0 bridgehead atoms. The molecular formula is C18H26N2O5. The number of amides is 2. The van der Waals surface area contributed by atoms with E-state index in [-0.39, 0.29) is 37.3 Å². The number of hydrogen-bond donors (Lipinski definition) is 4. The molecule has 1 aromatic carbocycles. The number of carboxylic acid groups (broad SMARTS) is 1. The Balaban J connectivity index is 1.80. The quantitative estimate of drug-likeness (QED) is 0.537. The molecule has 2 amide bonds. The molecule has 0 aliphatic carbocycles. The fourth-order valence-corrected chi connectivity index (χ4v) is 2.93. The third kappa shape index (κ3) is 7.11. The Kier molecular flexibility index (Phi) is 7.69.